The highest BCUT2D eigenvalue weighted by molar-refractivity contribution is 7.26. The lowest BCUT2D eigenvalue weighted by molar-refractivity contribution is 1.18. The van der Waals surface area contributed by atoms with E-state index in [1.54, 1.807) is 0 Å². The topological polar surface area (TPSA) is 8.17 Å². The van der Waals surface area contributed by atoms with E-state index in [9.17, 15) is 0 Å². The monoisotopic (exact) mass is 924 g/mol. The van der Waals surface area contributed by atoms with Crippen molar-refractivity contribution in [2.24, 2.45) is 0 Å². The Labute approximate surface area is 412 Å². The predicted molar refractivity (Wildman–Crippen MR) is 302 cm³/mol. The van der Waals surface area contributed by atoms with Gasteiger partial charge in [0.15, 0.2) is 8.07 Å². The van der Waals surface area contributed by atoms with Crippen molar-refractivity contribution in [2.45, 2.75) is 0 Å². The van der Waals surface area contributed by atoms with Crippen LogP contribution in [0.4, 0.5) is 17.1 Å². The first-order chi connectivity index (χ1) is 34.7. The first kappa shape index (κ1) is 40.5. The van der Waals surface area contributed by atoms with E-state index >= 15 is 0 Å². The Morgan fingerprint density at radius 1 is 0.314 bits per heavy atom. The fourth-order valence-electron chi connectivity index (χ4n) is 11.7. The van der Waals surface area contributed by atoms with Crippen LogP contribution in [-0.2, 0) is 0 Å². The van der Waals surface area contributed by atoms with Gasteiger partial charge in [-0.15, -0.1) is 11.3 Å². The van der Waals surface area contributed by atoms with Gasteiger partial charge in [-0.3, -0.25) is 0 Å². The summed E-state index contributed by atoms with van der Waals surface area (Å²) in [6.07, 6.45) is 0. The van der Waals surface area contributed by atoms with Crippen LogP contribution in [0.15, 0.2) is 267 Å². The van der Waals surface area contributed by atoms with Crippen LogP contribution in [0.3, 0.4) is 0 Å². The van der Waals surface area contributed by atoms with Crippen molar-refractivity contribution in [3.05, 3.63) is 267 Å². The van der Waals surface area contributed by atoms with E-state index < -0.39 is 8.07 Å². The van der Waals surface area contributed by atoms with E-state index in [4.69, 9.17) is 0 Å². The number of hydrogen-bond donors (Lipinski definition) is 0. The number of hydrogen-bond acceptors (Lipinski definition) is 2. The first-order valence-corrected chi connectivity index (χ1v) is 26.9. The number of benzene rings is 11. The molecule has 2 nitrogen and oxygen atoms in total. The number of fused-ring (bicyclic) bond motifs is 8. The standard InChI is InChI=1S/C66H44N2SSi/c1-5-20-45(21-6-1)47-36-39-52(46-22-7-2-8-23-46)55(42-47)48-37-40-58-56(43-48)53-28-13-15-30-57(53)67(58)49-38-41-60-65(44-49)70(50-24-9-3-10-25-50,51-26-11-4-12-27-51)64-35-18-16-31-59(64)68(60)61-32-19-34-63-66(61)54-29-14-17-33-62(54)69-63/h1-44H. The fraction of sp³-hybridized carbons (Fsp3) is 0. The lowest BCUT2D eigenvalue weighted by Gasteiger charge is -2.45. The quantitative estimate of drug-likeness (QED) is 0.145. The lowest BCUT2D eigenvalue weighted by atomic mass is 9.90. The highest BCUT2D eigenvalue weighted by atomic mass is 32.1. The second-order valence-electron chi connectivity index (χ2n) is 18.4. The van der Waals surface area contributed by atoms with Gasteiger partial charge >= 0.3 is 0 Å². The fourth-order valence-corrected chi connectivity index (χ4v) is 17.9. The highest BCUT2D eigenvalue weighted by Crippen LogP contribution is 2.47. The third-order valence-electron chi connectivity index (χ3n) is 14.7. The molecule has 70 heavy (non-hydrogen) atoms. The Kier molecular flexibility index (Phi) is 9.44. The molecule has 0 saturated carbocycles. The van der Waals surface area contributed by atoms with Crippen LogP contribution >= 0.6 is 11.3 Å². The van der Waals surface area contributed by atoms with E-state index in [0.29, 0.717) is 0 Å². The predicted octanol–water partition coefficient (Wildman–Crippen LogP) is 15.3. The maximum Gasteiger partial charge on any atom is 0.184 e. The van der Waals surface area contributed by atoms with Crippen molar-refractivity contribution in [3.8, 4) is 39.1 Å². The number of nitrogens with zero attached hydrogens (tertiary/aromatic N) is 2. The van der Waals surface area contributed by atoms with Gasteiger partial charge < -0.3 is 9.47 Å². The van der Waals surface area contributed by atoms with Crippen LogP contribution in [0.25, 0.3) is 81.0 Å². The molecule has 0 aliphatic carbocycles. The van der Waals surface area contributed by atoms with Gasteiger partial charge in [-0.05, 0) is 121 Å². The summed E-state index contributed by atoms with van der Waals surface area (Å²) in [6.45, 7) is 0. The van der Waals surface area contributed by atoms with E-state index in [-0.39, 0.29) is 0 Å². The van der Waals surface area contributed by atoms with Gasteiger partial charge in [0.05, 0.1) is 16.7 Å². The summed E-state index contributed by atoms with van der Waals surface area (Å²) >= 11 is 1.88. The molecule has 2 aromatic heterocycles. The third-order valence-corrected chi connectivity index (χ3v) is 20.6. The molecule has 0 unspecified atom stereocenters. The largest absolute Gasteiger partial charge is 0.310 e. The number of para-hydroxylation sites is 2. The number of thiophene rings is 1. The van der Waals surface area contributed by atoms with Gasteiger partial charge in [0.2, 0.25) is 0 Å². The van der Waals surface area contributed by atoms with Crippen LogP contribution in [-0.4, -0.2) is 12.6 Å². The molecule has 0 radical (unpaired) electrons. The molecular weight excluding hydrogens is 881 g/mol. The van der Waals surface area contributed by atoms with Gasteiger partial charge in [0, 0.05) is 48.0 Å². The minimum atomic E-state index is -3.01. The van der Waals surface area contributed by atoms with E-state index in [0.717, 1.165) is 5.69 Å². The van der Waals surface area contributed by atoms with Crippen molar-refractivity contribution in [1.82, 2.24) is 4.57 Å². The molecular formula is C66H44N2SSi. The molecule has 328 valence electrons. The zero-order valence-corrected chi connectivity index (χ0v) is 40.0. The molecule has 4 heteroatoms. The van der Waals surface area contributed by atoms with Gasteiger partial charge in [-0.1, -0.05) is 200 Å². The van der Waals surface area contributed by atoms with Crippen LogP contribution in [0.1, 0.15) is 0 Å². The summed E-state index contributed by atoms with van der Waals surface area (Å²) in [6, 6.07) is 99.7. The van der Waals surface area contributed by atoms with Gasteiger partial charge in [-0.25, -0.2) is 0 Å². The van der Waals surface area contributed by atoms with Crippen molar-refractivity contribution in [3.63, 3.8) is 0 Å². The average molecular weight is 925 g/mol. The molecule has 0 amide bonds. The van der Waals surface area contributed by atoms with Crippen molar-refractivity contribution in [1.29, 1.82) is 0 Å². The summed E-state index contributed by atoms with van der Waals surface area (Å²) in [5.74, 6) is 0. The molecule has 1 aliphatic heterocycles. The van der Waals surface area contributed by atoms with Crippen molar-refractivity contribution in [2.75, 3.05) is 4.90 Å². The first-order valence-electron chi connectivity index (χ1n) is 24.1. The Balaban J connectivity index is 1.04. The summed E-state index contributed by atoms with van der Waals surface area (Å²) in [4.78, 5) is 2.58. The Morgan fingerprint density at radius 2 is 0.900 bits per heavy atom. The Bertz CT molecular complexity index is 4080. The summed E-state index contributed by atoms with van der Waals surface area (Å²) < 4.78 is 5.11. The lowest BCUT2D eigenvalue weighted by Crippen LogP contribution is -2.77. The maximum absolute atomic E-state index is 3.01. The molecule has 0 N–H and O–H groups in total. The molecule has 14 rings (SSSR count). The molecule has 0 fully saturated rings. The third kappa shape index (κ3) is 6.17. The SMILES string of the molecule is c1ccc(-c2ccc(-c3ccccc3)c(-c3ccc4c(c3)c3ccccc3n4-c3ccc4c(c3)[Si](c3ccccc3)(c3ccccc3)c3ccccc3N4c3cccc4sc5ccccc5c34)c2)cc1. The van der Waals surface area contributed by atoms with Crippen LogP contribution in [0.5, 0.6) is 0 Å². The maximum atomic E-state index is 2.58. The normalized spacial score (nSPS) is 12.9. The summed E-state index contributed by atoms with van der Waals surface area (Å²) in [7, 11) is -3.01. The molecule has 0 spiro atoms. The molecule has 0 atom stereocenters. The molecule has 0 saturated heterocycles. The molecule has 13 aromatic rings. The number of anilines is 3. The minimum Gasteiger partial charge on any atom is -0.310 e. The zero-order chi connectivity index (χ0) is 46.2. The minimum absolute atomic E-state index is 1.15. The van der Waals surface area contributed by atoms with Gasteiger partial charge in [0.1, 0.15) is 0 Å². The second-order valence-corrected chi connectivity index (χ2v) is 23.2. The van der Waals surface area contributed by atoms with Gasteiger partial charge in [0.25, 0.3) is 0 Å². The molecule has 3 heterocycles. The molecule has 11 aromatic carbocycles. The van der Waals surface area contributed by atoms with Gasteiger partial charge in [-0.2, -0.15) is 0 Å². The van der Waals surface area contributed by atoms with E-state index in [2.05, 4.69) is 276 Å². The average Bonchev–Trinajstić information content (AvgIpc) is 3.99. The second kappa shape index (κ2) is 16.3. The van der Waals surface area contributed by atoms with Crippen LogP contribution in [0, 0.1) is 0 Å². The zero-order valence-electron chi connectivity index (χ0n) is 38.2. The Hall–Kier alpha value is -8.54. The van der Waals surface area contributed by atoms with Crippen LogP contribution in [0.2, 0.25) is 0 Å². The van der Waals surface area contributed by atoms with Crippen molar-refractivity contribution < 1.29 is 0 Å². The van der Waals surface area contributed by atoms with E-state index in [1.807, 2.05) is 11.3 Å². The van der Waals surface area contributed by atoms with Crippen molar-refractivity contribution >= 4 is 99.2 Å². The van der Waals surface area contributed by atoms with Crippen LogP contribution < -0.4 is 25.6 Å². The number of rotatable bonds is 7. The Morgan fingerprint density at radius 3 is 1.67 bits per heavy atom. The highest BCUT2D eigenvalue weighted by Gasteiger charge is 2.49. The smallest absolute Gasteiger partial charge is 0.184 e. The molecule has 1 aliphatic rings. The summed E-state index contributed by atoms with van der Waals surface area (Å²) in [5.41, 5.74) is 14.4. The van der Waals surface area contributed by atoms with E-state index in [1.165, 1.54) is 113 Å². The number of aromatic nitrogens is 1. The molecule has 0 bridgehead atoms. The summed E-state index contributed by atoms with van der Waals surface area (Å²) in [5, 5.41) is 10.5.